The van der Waals surface area contributed by atoms with Crippen molar-refractivity contribution in [2.24, 2.45) is 0 Å². The molecule has 1 atom stereocenters. The Labute approximate surface area is 123 Å². The van der Waals surface area contributed by atoms with E-state index in [-0.39, 0.29) is 29.6 Å². The highest BCUT2D eigenvalue weighted by molar-refractivity contribution is 6.32. The van der Waals surface area contributed by atoms with Crippen LogP contribution in [0, 0.1) is 0 Å². The fourth-order valence-corrected chi connectivity index (χ4v) is 1.74. The number of hydrogen-bond donors (Lipinski definition) is 3. The highest BCUT2D eigenvalue weighted by Crippen LogP contribution is 2.16. The van der Waals surface area contributed by atoms with Gasteiger partial charge in [0.1, 0.15) is 0 Å². The van der Waals surface area contributed by atoms with Gasteiger partial charge in [0.15, 0.2) is 5.15 Å². The molecule has 0 aromatic carbocycles. The van der Waals surface area contributed by atoms with Crippen LogP contribution < -0.4 is 16.0 Å². The van der Waals surface area contributed by atoms with Crippen molar-refractivity contribution >= 4 is 29.2 Å². The first-order valence-corrected chi connectivity index (χ1v) is 6.73. The van der Waals surface area contributed by atoms with Gasteiger partial charge in [0.2, 0.25) is 5.91 Å². The molecule has 7 heteroatoms. The van der Waals surface area contributed by atoms with Gasteiger partial charge in [-0.05, 0) is 32.9 Å². The van der Waals surface area contributed by atoms with E-state index in [1.165, 1.54) is 6.20 Å². The van der Waals surface area contributed by atoms with Gasteiger partial charge in [0.25, 0.3) is 0 Å². The molecular weight excluding hydrogens is 280 g/mol. The fourth-order valence-electron chi connectivity index (χ4n) is 1.57. The maximum atomic E-state index is 11.7. The summed E-state index contributed by atoms with van der Waals surface area (Å²) in [4.78, 5) is 27.1. The summed E-state index contributed by atoms with van der Waals surface area (Å²) in [6, 6.07) is 2.68. The number of halogens is 1. The number of hydrogen-bond acceptors (Lipinski definition) is 3. The fraction of sp³-hybridized carbons (Fsp3) is 0.462. The molecular formula is C13H19ClN4O2. The Kier molecular flexibility index (Phi) is 6.24. The Morgan fingerprint density at radius 3 is 2.60 bits per heavy atom. The molecule has 0 unspecified atom stereocenters. The van der Waals surface area contributed by atoms with Gasteiger partial charge >= 0.3 is 6.03 Å². The number of nitrogens with one attached hydrogen (secondary N) is 3. The Balaban J connectivity index is 2.42. The van der Waals surface area contributed by atoms with Gasteiger partial charge < -0.3 is 16.0 Å². The number of amides is 3. The summed E-state index contributed by atoms with van der Waals surface area (Å²) in [6.45, 7) is 5.52. The summed E-state index contributed by atoms with van der Waals surface area (Å²) in [5.41, 5.74) is 0.422. The Morgan fingerprint density at radius 1 is 1.30 bits per heavy atom. The van der Waals surface area contributed by atoms with Crippen molar-refractivity contribution in [1.29, 1.82) is 0 Å². The normalized spacial score (nSPS) is 11.8. The van der Waals surface area contributed by atoms with Crippen molar-refractivity contribution in [2.75, 3.05) is 5.32 Å². The maximum absolute atomic E-state index is 11.7. The van der Waals surface area contributed by atoms with Crippen molar-refractivity contribution in [3.05, 3.63) is 23.5 Å². The van der Waals surface area contributed by atoms with E-state index in [9.17, 15) is 9.59 Å². The van der Waals surface area contributed by atoms with Crippen molar-refractivity contribution < 1.29 is 9.59 Å². The van der Waals surface area contributed by atoms with E-state index in [2.05, 4.69) is 20.9 Å². The largest absolute Gasteiger partial charge is 0.354 e. The predicted octanol–water partition coefficient (Wildman–Crippen LogP) is 2.16. The van der Waals surface area contributed by atoms with Crippen LogP contribution in [-0.2, 0) is 4.79 Å². The van der Waals surface area contributed by atoms with E-state index in [0.717, 1.165) is 0 Å². The van der Waals surface area contributed by atoms with E-state index in [1.54, 1.807) is 19.1 Å². The van der Waals surface area contributed by atoms with E-state index < -0.39 is 6.03 Å². The van der Waals surface area contributed by atoms with Crippen LogP contribution in [0.15, 0.2) is 18.3 Å². The average Bonchev–Trinajstić information content (AvgIpc) is 2.30. The van der Waals surface area contributed by atoms with Gasteiger partial charge in [-0.25, -0.2) is 9.78 Å². The molecule has 0 spiro atoms. The predicted molar refractivity (Wildman–Crippen MR) is 78.8 cm³/mol. The molecule has 6 nitrogen and oxygen atoms in total. The summed E-state index contributed by atoms with van der Waals surface area (Å²) < 4.78 is 0. The lowest BCUT2D eigenvalue weighted by atomic mass is 10.2. The van der Waals surface area contributed by atoms with Crippen molar-refractivity contribution in [2.45, 2.75) is 39.3 Å². The first-order chi connectivity index (χ1) is 9.38. The highest BCUT2D eigenvalue weighted by Gasteiger charge is 2.13. The smallest absolute Gasteiger partial charge is 0.319 e. The van der Waals surface area contributed by atoms with Crippen LogP contribution in [0.25, 0.3) is 0 Å². The van der Waals surface area contributed by atoms with Gasteiger partial charge in [-0.2, -0.15) is 0 Å². The number of nitrogens with zero attached hydrogens (tertiary/aromatic N) is 1. The van der Waals surface area contributed by atoms with Crippen molar-refractivity contribution in [3.63, 3.8) is 0 Å². The monoisotopic (exact) mass is 298 g/mol. The van der Waals surface area contributed by atoms with Crippen LogP contribution in [0.1, 0.15) is 27.2 Å². The first-order valence-electron chi connectivity index (χ1n) is 6.36. The van der Waals surface area contributed by atoms with Crippen LogP contribution in [-0.4, -0.2) is 29.0 Å². The topological polar surface area (TPSA) is 83.1 Å². The van der Waals surface area contributed by atoms with Crippen LogP contribution in [0.4, 0.5) is 10.5 Å². The third-order valence-corrected chi connectivity index (χ3v) is 2.63. The average molecular weight is 299 g/mol. The van der Waals surface area contributed by atoms with Crippen LogP contribution in [0.3, 0.4) is 0 Å². The Morgan fingerprint density at radius 2 is 2.00 bits per heavy atom. The zero-order valence-electron chi connectivity index (χ0n) is 11.7. The standard InChI is InChI=1S/C13H19ClN4O2/c1-8(2)16-11(19)7-9(3)17-13(20)18-10-5-4-6-15-12(10)14/h4-6,8-9H,7H2,1-3H3,(H,16,19)(H2,17,18,20)/t9-/m0/s1. The molecule has 1 aromatic heterocycles. The Bertz CT molecular complexity index is 479. The molecule has 1 rings (SSSR count). The van der Waals surface area contributed by atoms with Gasteiger partial charge in [-0.15, -0.1) is 0 Å². The molecule has 0 aliphatic heterocycles. The van der Waals surface area contributed by atoms with Gasteiger partial charge in [0, 0.05) is 24.7 Å². The molecule has 1 heterocycles. The SMILES string of the molecule is CC(C)NC(=O)C[C@H](C)NC(=O)Nc1cccnc1Cl. The molecule has 0 bridgehead atoms. The second-order valence-electron chi connectivity index (χ2n) is 4.77. The van der Waals surface area contributed by atoms with Crippen LogP contribution >= 0.6 is 11.6 Å². The number of rotatable bonds is 5. The molecule has 0 aliphatic rings. The molecule has 0 saturated carbocycles. The van der Waals surface area contributed by atoms with Crippen molar-refractivity contribution in [1.82, 2.24) is 15.6 Å². The molecule has 0 aliphatic carbocycles. The minimum absolute atomic E-state index is 0.0812. The molecule has 1 aromatic rings. The molecule has 20 heavy (non-hydrogen) atoms. The highest BCUT2D eigenvalue weighted by atomic mass is 35.5. The van der Waals surface area contributed by atoms with E-state index in [1.807, 2.05) is 13.8 Å². The number of carbonyl (C=O) groups is 2. The maximum Gasteiger partial charge on any atom is 0.319 e. The number of anilines is 1. The Hall–Kier alpha value is -1.82. The quantitative estimate of drug-likeness (QED) is 0.728. The van der Waals surface area contributed by atoms with E-state index in [0.29, 0.717) is 5.69 Å². The lowest BCUT2D eigenvalue weighted by molar-refractivity contribution is -0.121. The first kappa shape index (κ1) is 16.2. The lowest BCUT2D eigenvalue weighted by Gasteiger charge is -2.15. The lowest BCUT2D eigenvalue weighted by Crippen LogP contribution is -2.40. The number of carbonyl (C=O) groups excluding carboxylic acids is 2. The third kappa shape index (κ3) is 5.88. The number of aromatic nitrogens is 1. The van der Waals surface area contributed by atoms with Gasteiger partial charge in [-0.1, -0.05) is 11.6 Å². The molecule has 110 valence electrons. The van der Waals surface area contributed by atoms with Crippen LogP contribution in [0.5, 0.6) is 0 Å². The van der Waals surface area contributed by atoms with E-state index >= 15 is 0 Å². The van der Waals surface area contributed by atoms with Crippen LogP contribution in [0.2, 0.25) is 5.15 Å². The summed E-state index contributed by atoms with van der Waals surface area (Å²) in [7, 11) is 0. The minimum Gasteiger partial charge on any atom is -0.354 e. The van der Waals surface area contributed by atoms with E-state index in [4.69, 9.17) is 11.6 Å². The zero-order valence-corrected chi connectivity index (χ0v) is 12.5. The second kappa shape index (κ2) is 7.69. The zero-order chi connectivity index (χ0) is 15.1. The molecule has 3 amide bonds. The van der Waals surface area contributed by atoms with Gasteiger partial charge in [0.05, 0.1) is 5.69 Å². The van der Waals surface area contributed by atoms with Crippen molar-refractivity contribution in [3.8, 4) is 0 Å². The third-order valence-electron chi connectivity index (χ3n) is 2.33. The summed E-state index contributed by atoms with van der Waals surface area (Å²) in [5, 5.41) is 8.22. The summed E-state index contributed by atoms with van der Waals surface area (Å²) in [6.07, 6.45) is 1.75. The molecule has 0 saturated heterocycles. The molecule has 3 N–H and O–H groups in total. The molecule has 0 radical (unpaired) electrons. The second-order valence-corrected chi connectivity index (χ2v) is 5.13. The molecule has 0 fully saturated rings. The minimum atomic E-state index is -0.426. The number of urea groups is 1. The number of pyridine rings is 1. The summed E-state index contributed by atoms with van der Waals surface area (Å²) >= 11 is 5.83. The summed E-state index contributed by atoms with van der Waals surface area (Å²) in [5.74, 6) is -0.104. The van der Waals surface area contributed by atoms with Gasteiger partial charge in [-0.3, -0.25) is 4.79 Å².